The van der Waals surface area contributed by atoms with Gasteiger partial charge in [0.15, 0.2) is 0 Å². The Hall–Kier alpha value is -1.86. The predicted molar refractivity (Wildman–Crippen MR) is 96.4 cm³/mol. The minimum Gasteiger partial charge on any atom is -0.337 e. The van der Waals surface area contributed by atoms with Crippen LogP contribution in [-0.2, 0) is 11.3 Å². The first-order chi connectivity index (χ1) is 11.4. The molecule has 0 spiro atoms. The number of benzene rings is 1. The van der Waals surface area contributed by atoms with Crippen molar-refractivity contribution in [2.45, 2.75) is 64.0 Å². The van der Waals surface area contributed by atoms with Crippen molar-refractivity contribution < 1.29 is 4.79 Å². The first-order valence-corrected chi connectivity index (χ1v) is 8.94. The molecule has 1 aromatic rings. The Balaban J connectivity index is 1.86. The molecule has 0 unspecified atom stereocenters. The van der Waals surface area contributed by atoms with Gasteiger partial charge in [0.05, 0.1) is 12.6 Å². The lowest BCUT2D eigenvalue weighted by atomic mass is 9.83. The molecule has 1 aromatic carbocycles. The van der Waals surface area contributed by atoms with E-state index in [1.54, 1.807) is 0 Å². The zero-order valence-corrected chi connectivity index (χ0v) is 15.1. The van der Waals surface area contributed by atoms with Crippen molar-refractivity contribution in [1.82, 2.24) is 10.2 Å². The zero-order chi connectivity index (χ0) is 17.6. The number of nitriles is 1. The van der Waals surface area contributed by atoms with E-state index in [0.29, 0.717) is 12.5 Å². The van der Waals surface area contributed by atoms with Crippen LogP contribution in [0.4, 0.5) is 0 Å². The van der Waals surface area contributed by atoms with E-state index < -0.39 is 5.54 Å². The van der Waals surface area contributed by atoms with E-state index in [2.05, 4.69) is 49.5 Å². The van der Waals surface area contributed by atoms with Gasteiger partial charge in [-0.2, -0.15) is 5.26 Å². The molecule has 0 aromatic heterocycles. The molecule has 2 rings (SSSR count). The van der Waals surface area contributed by atoms with Crippen molar-refractivity contribution >= 4 is 5.91 Å². The molecule has 4 heteroatoms. The molecule has 1 N–H and O–H groups in total. The second kappa shape index (κ2) is 8.30. The molecule has 1 fully saturated rings. The topological polar surface area (TPSA) is 56.1 Å². The molecular weight excluding hydrogens is 298 g/mol. The van der Waals surface area contributed by atoms with E-state index >= 15 is 0 Å². The van der Waals surface area contributed by atoms with Crippen molar-refractivity contribution in [1.29, 1.82) is 5.26 Å². The molecule has 0 aliphatic heterocycles. The van der Waals surface area contributed by atoms with Crippen molar-refractivity contribution in [2.24, 2.45) is 0 Å². The van der Waals surface area contributed by atoms with Crippen LogP contribution in [0.1, 0.15) is 63.0 Å². The van der Waals surface area contributed by atoms with Crippen LogP contribution in [0.25, 0.3) is 0 Å². The summed E-state index contributed by atoms with van der Waals surface area (Å²) in [6, 6.07) is 10.9. The van der Waals surface area contributed by atoms with E-state index in [4.69, 9.17) is 0 Å². The fourth-order valence-electron chi connectivity index (χ4n) is 3.35. The Kier molecular flexibility index (Phi) is 6.39. The maximum absolute atomic E-state index is 12.3. The number of likely N-dealkylation sites (N-methyl/N-ethyl adjacent to an activating group) is 1. The number of hydrogen-bond acceptors (Lipinski definition) is 3. The summed E-state index contributed by atoms with van der Waals surface area (Å²) in [5.74, 6) is 0.472. The van der Waals surface area contributed by atoms with E-state index in [-0.39, 0.29) is 5.91 Å². The number of rotatable bonds is 6. The molecule has 0 bridgehead atoms. The number of nitrogens with one attached hydrogen (secondary N) is 1. The normalized spacial score (nSPS) is 16.8. The Labute approximate surface area is 145 Å². The van der Waals surface area contributed by atoms with Crippen molar-refractivity contribution in [3.8, 4) is 6.07 Å². The smallest absolute Gasteiger partial charge is 0.235 e. The van der Waals surface area contributed by atoms with Gasteiger partial charge in [0.1, 0.15) is 5.54 Å². The van der Waals surface area contributed by atoms with E-state index in [1.807, 2.05) is 11.9 Å². The minimum absolute atomic E-state index is 0.0558. The second-order valence-corrected chi connectivity index (χ2v) is 7.37. The molecule has 130 valence electrons. The lowest BCUT2D eigenvalue weighted by Gasteiger charge is -2.32. The number of nitrogens with zero attached hydrogens (tertiary/aromatic N) is 2. The molecule has 0 radical (unpaired) electrons. The van der Waals surface area contributed by atoms with Gasteiger partial charge in [-0.25, -0.2) is 0 Å². The first-order valence-electron chi connectivity index (χ1n) is 8.94. The first kappa shape index (κ1) is 18.5. The SMILES string of the molecule is CC(C)c1ccc(CN(C)CC(=O)NC2(C#N)CCCCC2)cc1. The van der Waals surface area contributed by atoms with Crippen LogP contribution in [0.15, 0.2) is 24.3 Å². The van der Waals surface area contributed by atoms with Gasteiger partial charge in [0.2, 0.25) is 5.91 Å². The maximum Gasteiger partial charge on any atom is 0.235 e. The second-order valence-electron chi connectivity index (χ2n) is 7.37. The number of carbonyl (C=O) groups excluding carboxylic acids is 1. The third-order valence-corrected chi connectivity index (χ3v) is 4.81. The fraction of sp³-hybridized carbons (Fsp3) is 0.600. The molecule has 1 amide bonds. The summed E-state index contributed by atoms with van der Waals surface area (Å²) in [6.45, 7) is 5.41. The zero-order valence-electron chi connectivity index (χ0n) is 15.1. The van der Waals surface area contributed by atoms with Gasteiger partial charge in [0, 0.05) is 6.54 Å². The fourth-order valence-corrected chi connectivity index (χ4v) is 3.35. The summed E-state index contributed by atoms with van der Waals surface area (Å²) in [4.78, 5) is 14.3. The van der Waals surface area contributed by atoms with E-state index in [9.17, 15) is 10.1 Å². The summed E-state index contributed by atoms with van der Waals surface area (Å²) in [7, 11) is 1.94. The van der Waals surface area contributed by atoms with E-state index in [0.717, 1.165) is 38.6 Å². The van der Waals surface area contributed by atoms with Crippen LogP contribution in [0, 0.1) is 11.3 Å². The highest BCUT2D eigenvalue weighted by Gasteiger charge is 2.33. The van der Waals surface area contributed by atoms with Gasteiger partial charge in [-0.1, -0.05) is 57.4 Å². The van der Waals surface area contributed by atoms with Gasteiger partial charge in [-0.15, -0.1) is 0 Å². The highest BCUT2D eigenvalue weighted by molar-refractivity contribution is 5.79. The lowest BCUT2D eigenvalue weighted by molar-refractivity contribution is -0.123. The van der Waals surface area contributed by atoms with Gasteiger partial charge >= 0.3 is 0 Å². The quantitative estimate of drug-likeness (QED) is 0.869. The van der Waals surface area contributed by atoms with Crippen molar-refractivity contribution in [3.63, 3.8) is 0 Å². The highest BCUT2D eigenvalue weighted by Crippen LogP contribution is 2.27. The highest BCUT2D eigenvalue weighted by atomic mass is 16.2. The Morgan fingerprint density at radius 3 is 2.42 bits per heavy atom. The molecule has 4 nitrogen and oxygen atoms in total. The van der Waals surface area contributed by atoms with Crippen LogP contribution < -0.4 is 5.32 Å². The number of amides is 1. The van der Waals surface area contributed by atoms with E-state index in [1.165, 1.54) is 11.1 Å². The largest absolute Gasteiger partial charge is 0.337 e. The standard InChI is InChI=1S/C20H29N3O/c1-16(2)18-9-7-17(8-10-18)13-23(3)14-19(24)22-20(15-21)11-5-4-6-12-20/h7-10,16H,4-6,11-14H2,1-3H3,(H,22,24). The molecule has 1 aliphatic rings. The molecule has 0 saturated heterocycles. The number of hydrogen-bond donors (Lipinski definition) is 1. The van der Waals surface area contributed by atoms with Crippen molar-refractivity contribution in [2.75, 3.05) is 13.6 Å². The minimum atomic E-state index is -0.644. The summed E-state index contributed by atoms with van der Waals surface area (Å²) in [6.07, 6.45) is 4.74. The summed E-state index contributed by atoms with van der Waals surface area (Å²) in [5, 5.41) is 12.4. The molecule has 0 atom stereocenters. The Morgan fingerprint density at radius 1 is 1.25 bits per heavy atom. The van der Waals surface area contributed by atoms with Gasteiger partial charge < -0.3 is 5.32 Å². The van der Waals surface area contributed by atoms with Gasteiger partial charge in [-0.3, -0.25) is 9.69 Å². The van der Waals surface area contributed by atoms with Crippen molar-refractivity contribution in [3.05, 3.63) is 35.4 Å². The van der Waals surface area contributed by atoms with Crippen LogP contribution >= 0.6 is 0 Å². The molecule has 24 heavy (non-hydrogen) atoms. The molecule has 1 saturated carbocycles. The summed E-state index contributed by atoms with van der Waals surface area (Å²) < 4.78 is 0. The lowest BCUT2D eigenvalue weighted by Crippen LogP contribution is -2.51. The third kappa shape index (κ3) is 5.07. The molecule has 1 aliphatic carbocycles. The van der Waals surface area contributed by atoms with Gasteiger partial charge in [-0.05, 0) is 36.9 Å². The predicted octanol–water partition coefficient (Wildman–Crippen LogP) is 3.58. The van der Waals surface area contributed by atoms with Crippen LogP contribution in [0.5, 0.6) is 0 Å². The number of carbonyl (C=O) groups is 1. The average Bonchev–Trinajstić information content (AvgIpc) is 2.55. The van der Waals surface area contributed by atoms with Crippen LogP contribution in [0.3, 0.4) is 0 Å². The average molecular weight is 327 g/mol. The maximum atomic E-state index is 12.3. The van der Waals surface area contributed by atoms with Crippen LogP contribution in [0.2, 0.25) is 0 Å². The third-order valence-electron chi connectivity index (χ3n) is 4.81. The Morgan fingerprint density at radius 2 is 1.88 bits per heavy atom. The van der Waals surface area contributed by atoms with Gasteiger partial charge in [0.25, 0.3) is 0 Å². The molecular formula is C20H29N3O. The Bertz CT molecular complexity index is 580. The monoisotopic (exact) mass is 327 g/mol. The van der Waals surface area contributed by atoms with Crippen LogP contribution in [-0.4, -0.2) is 29.9 Å². The molecule has 0 heterocycles. The summed E-state index contributed by atoms with van der Waals surface area (Å²) >= 11 is 0. The summed E-state index contributed by atoms with van der Waals surface area (Å²) in [5.41, 5.74) is 1.88.